The third kappa shape index (κ3) is 2.74. The lowest BCUT2D eigenvalue weighted by Crippen LogP contribution is -2.30. The summed E-state index contributed by atoms with van der Waals surface area (Å²) in [5.74, 6) is 0.264. The first-order valence-corrected chi connectivity index (χ1v) is 7.12. The van der Waals surface area contributed by atoms with E-state index >= 15 is 0 Å². The third-order valence-electron chi connectivity index (χ3n) is 3.97. The number of rotatable bonds is 3. The molecule has 1 N–H and O–H groups in total. The highest BCUT2D eigenvalue weighted by Gasteiger charge is 2.26. The van der Waals surface area contributed by atoms with Crippen molar-refractivity contribution in [1.82, 2.24) is 5.32 Å². The maximum absolute atomic E-state index is 12.3. The van der Waals surface area contributed by atoms with Crippen LogP contribution in [-0.2, 0) is 24.2 Å². The summed E-state index contributed by atoms with van der Waals surface area (Å²) in [6.07, 6.45) is 1.74. The maximum Gasteiger partial charge on any atom is 0.224 e. The van der Waals surface area contributed by atoms with E-state index in [0.717, 1.165) is 18.4 Å². The second-order valence-electron chi connectivity index (χ2n) is 5.58. The van der Waals surface area contributed by atoms with Gasteiger partial charge >= 0.3 is 0 Å². The van der Waals surface area contributed by atoms with E-state index < -0.39 is 0 Å². The number of benzene rings is 2. The fourth-order valence-corrected chi connectivity index (χ4v) is 2.90. The second kappa shape index (κ2) is 5.49. The van der Waals surface area contributed by atoms with Gasteiger partial charge in [0.05, 0.1) is 0 Å². The normalized spacial score (nSPS) is 14.1. The molecule has 1 aliphatic carbocycles. The average Bonchev–Trinajstić information content (AvgIpc) is 2.89. The minimum absolute atomic E-state index is 0.0946. The smallest absolute Gasteiger partial charge is 0.224 e. The molecule has 0 atom stereocenters. The fourth-order valence-electron chi connectivity index (χ4n) is 2.90. The molecule has 3 rings (SSSR count). The molecule has 0 saturated carbocycles. The highest BCUT2D eigenvalue weighted by Crippen LogP contribution is 2.26. The lowest BCUT2D eigenvalue weighted by molar-refractivity contribution is -0.124. The summed E-state index contributed by atoms with van der Waals surface area (Å²) >= 11 is 0. The SMILES string of the molecule is Cc1cccc(CNC(=O)C2Cc3ccccc3C2)c1. The zero-order valence-electron chi connectivity index (χ0n) is 11.7. The van der Waals surface area contributed by atoms with Crippen LogP contribution in [0.4, 0.5) is 0 Å². The Hall–Kier alpha value is -2.09. The third-order valence-corrected chi connectivity index (χ3v) is 3.97. The minimum Gasteiger partial charge on any atom is -0.352 e. The first-order chi connectivity index (χ1) is 9.72. The number of carbonyl (C=O) groups is 1. The molecule has 2 nitrogen and oxygen atoms in total. The van der Waals surface area contributed by atoms with Crippen molar-refractivity contribution in [3.63, 3.8) is 0 Å². The Bertz CT molecular complexity index is 608. The Kier molecular flexibility index (Phi) is 3.55. The van der Waals surface area contributed by atoms with Gasteiger partial charge < -0.3 is 5.32 Å². The fraction of sp³-hybridized carbons (Fsp3) is 0.278. The molecule has 102 valence electrons. The van der Waals surface area contributed by atoms with Crippen molar-refractivity contribution < 1.29 is 4.79 Å². The lowest BCUT2D eigenvalue weighted by Gasteiger charge is -2.10. The largest absolute Gasteiger partial charge is 0.352 e. The number of carbonyl (C=O) groups excluding carboxylic acids is 1. The Morgan fingerprint density at radius 3 is 2.45 bits per heavy atom. The van der Waals surface area contributed by atoms with E-state index in [2.05, 4.69) is 42.6 Å². The Morgan fingerprint density at radius 1 is 1.10 bits per heavy atom. The van der Waals surface area contributed by atoms with Crippen molar-refractivity contribution in [2.45, 2.75) is 26.3 Å². The number of hydrogen-bond donors (Lipinski definition) is 1. The van der Waals surface area contributed by atoms with E-state index in [1.54, 1.807) is 0 Å². The van der Waals surface area contributed by atoms with Crippen LogP contribution in [0.1, 0.15) is 22.3 Å². The van der Waals surface area contributed by atoms with Crippen LogP contribution >= 0.6 is 0 Å². The Labute approximate surface area is 119 Å². The van der Waals surface area contributed by atoms with Gasteiger partial charge in [-0.25, -0.2) is 0 Å². The molecule has 0 aliphatic heterocycles. The first kappa shape index (κ1) is 12.9. The minimum atomic E-state index is 0.0946. The van der Waals surface area contributed by atoms with Crippen LogP contribution in [-0.4, -0.2) is 5.91 Å². The Balaban J connectivity index is 1.59. The molecule has 0 radical (unpaired) electrons. The summed E-state index contributed by atoms with van der Waals surface area (Å²) in [5.41, 5.74) is 5.03. The summed E-state index contributed by atoms with van der Waals surface area (Å²) in [6.45, 7) is 2.69. The Morgan fingerprint density at radius 2 is 1.80 bits per heavy atom. The topological polar surface area (TPSA) is 29.1 Å². The van der Waals surface area contributed by atoms with Crippen LogP contribution in [0.2, 0.25) is 0 Å². The molecule has 2 aromatic rings. The van der Waals surface area contributed by atoms with Crippen LogP contribution in [0.15, 0.2) is 48.5 Å². The summed E-state index contributed by atoms with van der Waals surface area (Å²) in [5, 5.41) is 3.06. The van der Waals surface area contributed by atoms with Crippen molar-refractivity contribution in [2.75, 3.05) is 0 Å². The lowest BCUT2D eigenvalue weighted by atomic mass is 10.1. The summed E-state index contributed by atoms with van der Waals surface area (Å²) in [6, 6.07) is 16.6. The quantitative estimate of drug-likeness (QED) is 0.908. The van der Waals surface area contributed by atoms with E-state index in [1.165, 1.54) is 16.7 Å². The predicted molar refractivity (Wildman–Crippen MR) is 80.4 cm³/mol. The van der Waals surface area contributed by atoms with Gasteiger partial charge in [-0.15, -0.1) is 0 Å². The van der Waals surface area contributed by atoms with Gasteiger partial charge in [0, 0.05) is 12.5 Å². The molecule has 2 heteroatoms. The highest BCUT2D eigenvalue weighted by atomic mass is 16.1. The van der Waals surface area contributed by atoms with Gasteiger partial charge in [0.1, 0.15) is 0 Å². The van der Waals surface area contributed by atoms with Crippen molar-refractivity contribution >= 4 is 5.91 Å². The number of nitrogens with one attached hydrogen (secondary N) is 1. The molecule has 0 unspecified atom stereocenters. The molecule has 0 fully saturated rings. The standard InChI is InChI=1S/C18H19NO/c1-13-5-4-6-14(9-13)12-19-18(20)17-10-15-7-2-3-8-16(15)11-17/h2-9,17H,10-12H2,1H3,(H,19,20). The highest BCUT2D eigenvalue weighted by molar-refractivity contribution is 5.80. The van der Waals surface area contributed by atoms with Crippen LogP contribution < -0.4 is 5.32 Å². The van der Waals surface area contributed by atoms with E-state index in [1.807, 2.05) is 18.2 Å². The second-order valence-corrected chi connectivity index (χ2v) is 5.58. The molecule has 2 aromatic carbocycles. The summed E-state index contributed by atoms with van der Waals surface area (Å²) in [7, 11) is 0. The van der Waals surface area contributed by atoms with Gasteiger partial charge in [-0.1, -0.05) is 54.1 Å². The van der Waals surface area contributed by atoms with Gasteiger partial charge in [-0.05, 0) is 36.5 Å². The molecule has 0 saturated heterocycles. The molecule has 0 heterocycles. The van der Waals surface area contributed by atoms with Crippen molar-refractivity contribution in [1.29, 1.82) is 0 Å². The number of amides is 1. The zero-order valence-corrected chi connectivity index (χ0v) is 11.7. The predicted octanol–water partition coefficient (Wildman–Crippen LogP) is 3.03. The molecular weight excluding hydrogens is 246 g/mol. The molecule has 20 heavy (non-hydrogen) atoms. The van der Waals surface area contributed by atoms with Gasteiger partial charge in [-0.2, -0.15) is 0 Å². The van der Waals surface area contributed by atoms with Crippen molar-refractivity contribution in [2.24, 2.45) is 5.92 Å². The van der Waals surface area contributed by atoms with Crippen LogP contribution in [0.5, 0.6) is 0 Å². The maximum atomic E-state index is 12.3. The monoisotopic (exact) mass is 265 g/mol. The van der Waals surface area contributed by atoms with Crippen molar-refractivity contribution in [3.05, 3.63) is 70.8 Å². The molecule has 0 spiro atoms. The molecule has 0 bridgehead atoms. The molecule has 0 aromatic heterocycles. The van der Waals surface area contributed by atoms with E-state index in [9.17, 15) is 4.79 Å². The zero-order chi connectivity index (χ0) is 13.9. The molecule has 1 amide bonds. The first-order valence-electron chi connectivity index (χ1n) is 7.12. The van der Waals surface area contributed by atoms with Crippen LogP contribution in [0.3, 0.4) is 0 Å². The number of hydrogen-bond acceptors (Lipinski definition) is 1. The van der Waals surface area contributed by atoms with E-state index in [0.29, 0.717) is 6.54 Å². The van der Waals surface area contributed by atoms with Crippen LogP contribution in [0, 0.1) is 12.8 Å². The summed E-state index contributed by atoms with van der Waals surface area (Å²) < 4.78 is 0. The van der Waals surface area contributed by atoms with E-state index in [4.69, 9.17) is 0 Å². The summed E-state index contributed by atoms with van der Waals surface area (Å²) in [4.78, 5) is 12.3. The van der Waals surface area contributed by atoms with Gasteiger partial charge in [0.2, 0.25) is 5.91 Å². The molecule has 1 aliphatic rings. The van der Waals surface area contributed by atoms with Crippen molar-refractivity contribution in [3.8, 4) is 0 Å². The van der Waals surface area contributed by atoms with Gasteiger partial charge in [-0.3, -0.25) is 4.79 Å². The van der Waals surface area contributed by atoms with Gasteiger partial charge in [0.15, 0.2) is 0 Å². The number of aryl methyl sites for hydroxylation is 1. The number of fused-ring (bicyclic) bond motifs is 1. The van der Waals surface area contributed by atoms with Gasteiger partial charge in [0.25, 0.3) is 0 Å². The van der Waals surface area contributed by atoms with E-state index in [-0.39, 0.29) is 11.8 Å². The molecular formula is C18H19NO. The average molecular weight is 265 g/mol. The van der Waals surface area contributed by atoms with Crippen LogP contribution in [0.25, 0.3) is 0 Å².